The summed E-state index contributed by atoms with van der Waals surface area (Å²) < 4.78 is 0. The molecule has 0 fully saturated rings. The van der Waals surface area contributed by atoms with Crippen LogP contribution in [0, 0.1) is 0 Å². The van der Waals surface area contributed by atoms with E-state index in [-0.39, 0.29) is 0 Å². The van der Waals surface area contributed by atoms with Gasteiger partial charge < -0.3 is 0 Å². The summed E-state index contributed by atoms with van der Waals surface area (Å²) in [7, 11) is 0. The average Bonchev–Trinajstić information content (AvgIpc) is 2.99. The molecule has 0 spiro atoms. The van der Waals surface area contributed by atoms with Gasteiger partial charge in [-0.1, -0.05) is 121 Å². The van der Waals surface area contributed by atoms with Crippen LogP contribution in [0.25, 0.3) is 45.2 Å². The zero-order valence-corrected chi connectivity index (χ0v) is 19.6. The molecule has 0 saturated heterocycles. The van der Waals surface area contributed by atoms with Crippen LogP contribution in [0.1, 0.15) is 0 Å². The van der Waals surface area contributed by atoms with Gasteiger partial charge in [-0.3, -0.25) is 0 Å². The largest absolute Gasteiger partial charge is 0.237 e. The lowest BCUT2D eigenvalue weighted by atomic mass is 10.1. The number of hydrogen-bond donors (Lipinski definition) is 0. The molecule has 36 heavy (non-hydrogen) atoms. The molecule has 0 N–H and O–H groups in total. The molecule has 0 aliphatic carbocycles. The molecule has 2 aromatic heterocycles. The van der Waals surface area contributed by atoms with Crippen LogP contribution in [0.3, 0.4) is 0 Å². The summed E-state index contributed by atoms with van der Waals surface area (Å²) in [4.78, 5) is 17.6. The molecule has 2 heterocycles. The van der Waals surface area contributed by atoms with E-state index < -0.39 is 0 Å². The minimum absolute atomic E-state index is 0.761. The lowest BCUT2D eigenvalue weighted by Crippen LogP contribution is -1.90. The van der Waals surface area contributed by atoms with Crippen molar-refractivity contribution in [3.8, 4) is 45.2 Å². The molecule has 0 radical (unpaired) electrons. The van der Waals surface area contributed by atoms with Crippen LogP contribution in [0.2, 0.25) is 0 Å². The highest BCUT2D eigenvalue weighted by atomic mass is 14.9. The molecule has 172 valence electrons. The van der Waals surface area contributed by atoms with E-state index in [1.165, 1.54) is 0 Å². The number of benzene rings is 4. The second kappa shape index (κ2) is 11.4. The molecule has 0 amide bonds. The Morgan fingerprint density at radius 1 is 0.361 bits per heavy atom. The molecule has 4 aromatic carbocycles. The fourth-order valence-electron chi connectivity index (χ4n) is 3.75. The first-order chi connectivity index (χ1) is 17.9. The van der Waals surface area contributed by atoms with Crippen molar-refractivity contribution in [1.82, 2.24) is 19.9 Å². The Bertz CT molecular complexity index is 1280. The van der Waals surface area contributed by atoms with Gasteiger partial charge in [0.1, 0.15) is 6.33 Å². The molecular formula is C32H24N4. The Balaban J connectivity index is 0.000000148. The minimum Gasteiger partial charge on any atom is -0.237 e. The predicted molar refractivity (Wildman–Crippen MR) is 146 cm³/mol. The molecular weight excluding hydrogens is 440 g/mol. The number of aromatic nitrogens is 4. The first-order valence-electron chi connectivity index (χ1n) is 11.7. The van der Waals surface area contributed by atoms with Crippen molar-refractivity contribution in [1.29, 1.82) is 0 Å². The van der Waals surface area contributed by atoms with Crippen molar-refractivity contribution in [2.45, 2.75) is 0 Å². The molecule has 0 saturated carbocycles. The highest BCUT2D eigenvalue weighted by Gasteiger charge is 2.04. The molecule has 0 atom stereocenters. The van der Waals surface area contributed by atoms with E-state index in [2.05, 4.69) is 56.3 Å². The third kappa shape index (κ3) is 5.75. The van der Waals surface area contributed by atoms with Crippen LogP contribution in [0.15, 0.2) is 146 Å². The smallest absolute Gasteiger partial charge is 0.159 e. The minimum atomic E-state index is 0.761. The first-order valence-corrected chi connectivity index (χ1v) is 11.7. The Kier molecular flexibility index (Phi) is 7.26. The van der Waals surface area contributed by atoms with Crippen LogP contribution in [-0.2, 0) is 0 Å². The fraction of sp³-hybridized carbons (Fsp3) is 0. The Morgan fingerprint density at radius 3 is 1.25 bits per heavy atom. The summed E-state index contributed by atoms with van der Waals surface area (Å²) >= 11 is 0. The summed E-state index contributed by atoms with van der Waals surface area (Å²) in [6.45, 7) is 0. The SMILES string of the molecule is c1ccc(-c2cc(-c3ccccc3)ncn2)cc1.c1ccc(-c2ccnc(-c3ccccc3)n2)cc1. The van der Waals surface area contributed by atoms with Crippen LogP contribution in [-0.4, -0.2) is 19.9 Å². The van der Waals surface area contributed by atoms with Gasteiger partial charge in [0, 0.05) is 28.5 Å². The summed E-state index contributed by atoms with van der Waals surface area (Å²) in [5.74, 6) is 0.761. The Morgan fingerprint density at radius 2 is 0.778 bits per heavy atom. The van der Waals surface area contributed by atoms with Gasteiger partial charge in [-0.2, -0.15) is 0 Å². The standard InChI is InChI=1S/2C16H12N2/c1-3-7-13(8-4-1)15-11-16(18-12-17-15)14-9-5-2-6-10-14;1-3-7-13(8-4-1)15-11-12-17-16(18-15)14-9-5-2-6-10-14/h2*1-12H. The number of hydrogen-bond acceptors (Lipinski definition) is 4. The zero-order chi connectivity index (χ0) is 24.4. The van der Waals surface area contributed by atoms with E-state index in [1.54, 1.807) is 12.5 Å². The molecule has 6 rings (SSSR count). The summed E-state index contributed by atoms with van der Waals surface area (Å²) in [5, 5.41) is 0. The van der Waals surface area contributed by atoms with E-state index in [0.717, 1.165) is 45.2 Å². The summed E-state index contributed by atoms with van der Waals surface area (Å²) in [6.07, 6.45) is 3.42. The van der Waals surface area contributed by atoms with Gasteiger partial charge in [-0.15, -0.1) is 0 Å². The van der Waals surface area contributed by atoms with Gasteiger partial charge in [0.25, 0.3) is 0 Å². The summed E-state index contributed by atoms with van der Waals surface area (Å²) in [6, 6.07) is 44.4. The van der Waals surface area contributed by atoms with Crippen molar-refractivity contribution in [2.75, 3.05) is 0 Å². The van der Waals surface area contributed by atoms with E-state index >= 15 is 0 Å². The van der Waals surface area contributed by atoms with E-state index in [1.807, 2.05) is 97.1 Å². The van der Waals surface area contributed by atoms with Crippen molar-refractivity contribution in [2.24, 2.45) is 0 Å². The molecule has 0 bridgehead atoms. The fourth-order valence-corrected chi connectivity index (χ4v) is 3.75. The predicted octanol–water partition coefficient (Wildman–Crippen LogP) is 7.62. The van der Waals surface area contributed by atoms with Crippen LogP contribution in [0.5, 0.6) is 0 Å². The van der Waals surface area contributed by atoms with Crippen molar-refractivity contribution >= 4 is 0 Å². The van der Waals surface area contributed by atoms with Crippen molar-refractivity contribution in [3.05, 3.63) is 146 Å². The maximum Gasteiger partial charge on any atom is 0.159 e. The third-order valence-corrected chi connectivity index (χ3v) is 5.56. The third-order valence-electron chi connectivity index (χ3n) is 5.56. The van der Waals surface area contributed by atoms with Gasteiger partial charge in [-0.25, -0.2) is 19.9 Å². The number of rotatable bonds is 4. The quantitative estimate of drug-likeness (QED) is 0.269. The molecule has 0 aliphatic heterocycles. The normalized spacial score (nSPS) is 10.2. The molecule has 0 unspecified atom stereocenters. The van der Waals surface area contributed by atoms with Gasteiger partial charge >= 0.3 is 0 Å². The second-order valence-corrected chi connectivity index (χ2v) is 8.02. The molecule has 4 nitrogen and oxygen atoms in total. The average molecular weight is 465 g/mol. The van der Waals surface area contributed by atoms with Gasteiger partial charge in [-0.05, 0) is 12.1 Å². The molecule has 0 aliphatic rings. The van der Waals surface area contributed by atoms with Gasteiger partial charge in [0.05, 0.1) is 17.1 Å². The van der Waals surface area contributed by atoms with Gasteiger partial charge in [0.15, 0.2) is 5.82 Å². The topological polar surface area (TPSA) is 51.6 Å². The lowest BCUT2D eigenvalue weighted by Gasteiger charge is -2.03. The van der Waals surface area contributed by atoms with E-state index in [0.29, 0.717) is 0 Å². The Hall–Kier alpha value is -4.96. The zero-order valence-electron chi connectivity index (χ0n) is 19.6. The van der Waals surface area contributed by atoms with Crippen molar-refractivity contribution < 1.29 is 0 Å². The lowest BCUT2D eigenvalue weighted by molar-refractivity contribution is 1.18. The van der Waals surface area contributed by atoms with Crippen LogP contribution >= 0.6 is 0 Å². The van der Waals surface area contributed by atoms with Gasteiger partial charge in [0.2, 0.25) is 0 Å². The van der Waals surface area contributed by atoms with E-state index in [9.17, 15) is 0 Å². The maximum atomic E-state index is 4.60. The van der Waals surface area contributed by atoms with Crippen LogP contribution < -0.4 is 0 Å². The highest BCUT2D eigenvalue weighted by Crippen LogP contribution is 2.22. The maximum absolute atomic E-state index is 4.60. The molecule has 4 heteroatoms. The Labute approximate surface area is 211 Å². The molecule has 6 aromatic rings. The van der Waals surface area contributed by atoms with Crippen LogP contribution in [0.4, 0.5) is 0 Å². The highest BCUT2D eigenvalue weighted by molar-refractivity contribution is 5.67. The summed E-state index contributed by atoms with van der Waals surface area (Å²) in [5.41, 5.74) is 7.21. The number of nitrogens with zero attached hydrogens (tertiary/aromatic N) is 4. The van der Waals surface area contributed by atoms with Crippen molar-refractivity contribution in [3.63, 3.8) is 0 Å². The first kappa shape index (κ1) is 22.8. The monoisotopic (exact) mass is 464 g/mol. The van der Waals surface area contributed by atoms with E-state index in [4.69, 9.17) is 0 Å². The second-order valence-electron chi connectivity index (χ2n) is 8.02.